The molecule has 0 aromatic heterocycles. The molecule has 2 aromatic carbocycles. The van der Waals surface area contributed by atoms with Crippen molar-refractivity contribution in [2.45, 2.75) is 4.90 Å². The van der Waals surface area contributed by atoms with Crippen LogP contribution in [0.25, 0.3) is 0 Å². The highest BCUT2D eigenvalue weighted by molar-refractivity contribution is 7.92. The Morgan fingerprint density at radius 3 is 2.60 bits per heavy atom. The largest absolute Gasteiger partial charge is 0.279 e. The molecule has 0 bridgehead atoms. The molecule has 20 heavy (non-hydrogen) atoms. The van der Waals surface area contributed by atoms with Crippen molar-refractivity contribution < 1.29 is 12.8 Å². The second kappa shape index (κ2) is 5.49. The fourth-order valence-corrected chi connectivity index (χ4v) is 2.87. The molecule has 7 heteroatoms. The first-order valence-corrected chi connectivity index (χ1v) is 7.26. The second-order valence-corrected chi connectivity index (χ2v) is 6.02. The second-order valence-electron chi connectivity index (χ2n) is 3.90. The lowest BCUT2D eigenvalue weighted by Crippen LogP contribution is -2.13. The maximum Gasteiger partial charge on any atom is 0.261 e. The maximum atomic E-state index is 13.2. The third-order valence-corrected chi connectivity index (χ3v) is 3.99. The van der Waals surface area contributed by atoms with E-state index < -0.39 is 15.8 Å². The van der Waals surface area contributed by atoms with Gasteiger partial charge in [0.15, 0.2) is 0 Å². The molecule has 0 fully saturated rings. The van der Waals surface area contributed by atoms with Crippen LogP contribution in [-0.2, 0) is 10.0 Å². The summed E-state index contributed by atoms with van der Waals surface area (Å²) in [7, 11) is -3.91. The predicted molar refractivity (Wildman–Crippen MR) is 73.4 cm³/mol. The summed E-state index contributed by atoms with van der Waals surface area (Å²) in [5.41, 5.74) is 0.225. The molecule has 0 heterocycles. The Bertz CT molecular complexity index is 780. The fourth-order valence-electron chi connectivity index (χ4n) is 1.56. The van der Waals surface area contributed by atoms with E-state index in [1.165, 1.54) is 30.3 Å². The van der Waals surface area contributed by atoms with E-state index in [4.69, 9.17) is 16.9 Å². The molecule has 4 nitrogen and oxygen atoms in total. The Labute approximate surface area is 120 Å². The molecule has 0 unspecified atom stereocenters. The van der Waals surface area contributed by atoms with Crippen molar-refractivity contribution >= 4 is 27.3 Å². The molecule has 0 aliphatic heterocycles. The van der Waals surface area contributed by atoms with Crippen LogP contribution in [0.15, 0.2) is 47.4 Å². The van der Waals surface area contributed by atoms with Gasteiger partial charge in [-0.2, -0.15) is 5.26 Å². The summed E-state index contributed by atoms with van der Waals surface area (Å²) in [5, 5.41) is 8.84. The van der Waals surface area contributed by atoms with Gasteiger partial charge in [0.2, 0.25) is 0 Å². The van der Waals surface area contributed by atoms with Crippen LogP contribution < -0.4 is 4.72 Å². The van der Waals surface area contributed by atoms with E-state index in [2.05, 4.69) is 4.72 Å². The Kier molecular flexibility index (Phi) is 3.93. The number of anilines is 1. The number of nitrogens with one attached hydrogen (secondary N) is 1. The minimum Gasteiger partial charge on any atom is -0.279 e. The Morgan fingerprint density at radius 1 is 1.20 bits per heavy atom. The number of nitrogens with zero attached hydrogens (tertiary/aromatic N) is 1. The molecule has 2 aromatic rings. The predicted octanol–water partition coefficient (Wildman–Crippen LogP) is 3.15. The summed E-state index contributed by atoms with van der Waals surface area (Å²) in [6, 6.07) is 10.7. The van der Waals surface area contributed by atoms with Crippen LogP contribution in [0.2, 0.25) is 5.02 Å². The average molecular weight is 311 g/mol. The molecule has 102 valence electrons. The van der Waals surface area contributed by atoms with Gasteiger partial charge in [-0.25, -0.2) is 12.8 Å². The van der Waals surface area contributed by atoms with Crippen molar-refractivity contribution in [2.24, 2.45) is 0 Å². The number of benzene rings is 2. The smallest absolute Gasteiger partial charge is 0.261 e. The summed E-state index contributed by atoms with van der Waals surface area (Å²) in [6.45, 7) is 0. The van der Waals surface area contributed by atoms with Gasteiger partial charge >= 0.3 is 0 Å². The highest BCUT2D eigenvalue weighted by atomic mass is 35.5. The normalized spacial score (nSPS) is 10.8. The molecule has 0 radical (unpaired) electrons. The van der Waals surface area contributed by atoms with Crippen LogP contribution in [0.5, 0.6) is 0 Å². The fraction of sp³-hybridized carbons (Fsp3) is 0. The van der Waals surface area contributed by atoms with Gasteiger partial charge in [0, 0.05) is 5.02 Å². The van der Waals surface area contributed by atoms with Crippen molar-refractivity contribution in [3.8, 4) is 6.07 Å². The van der Waals surface area contributed by atoms with E-state index in [9.17, 15) is 12.8 Å². The lowest BCUT2D eigenvalue weighted by molar-refractivity contribution is 0.601. The van der Waals surface area contributed by atoms with E-state index in [1.807, 2.05) is 6.07 Å². The lowest BCUT2D eigenvalue weighted by Gasteiger charge is -2.08. The first-order valence-electron chi connectivity index (χ1n) is 5.40. The van der Waals surface area contributed by atoms with Crippen LogP contribution in [0.1, 0.15) is 5.56 Å². The van der Waals surface area contributed by atoms with Crippen LogP contribution in [0.4, 0.5) is 10.1 Å². The molecule has 0 aliphatic carbocycles. The molecule has 0 saturated heterocycles. The summed E-state index contributed by atoms with van der Waals surface area (Å²) < 4.78 is 39.6. The topological polar surface area (TPSA) is 70.0 Å². The van der Waals surface area contributed by atoms with E-state index in [-0.39, 0.29) is 21.2 Å². The lowest BCUT2D eigenvalue weighted by atomic mass is 10.2. The van der Waals surface area contributed by atoms with E-state index in [0.717, 1.165) is 12.1 Å². The van der Waals surface area contributed by atoms with Gasteiger partial charge < -0.3 is 0 Å². The van der Waals surface area contributed by atoms with Crippen LogP contribution in [0, 0.1) is 17.1 Å². The van der Waals surface area contributed by atoms with E-state index in [1.54, 1.807) is 0 Å². The number of sulfonamides is 1. The highest BCUT2D eigenvalue weighted by Crippen LogP contribution is 2.21. The van der Waals surface area contributed by atoms with E-state index >= 15 is 0 Å². The van der Waals surface area contributed by atoms with E-state index in [0.29, 0.717) is 0 Å². The van der Waals surface area contributed by atoms with Gasteiger partial charge in [0.25, 0.3) is 10.0 Å². The van der Waals surface area contributed by atoms with Crippen molar-refractivity contribution in [1.82, 2.24) is 0 Å². The summed E-state index contributed by atoms with van der Waals surface area (Å²) >= 11 is 5.65. The Hall–Kier alpha value is -2.10. The number of hydrogen-bond donors (Lipinski definition) is 1. The molecule has 0 spiro atoms. The average Bonchev–Trinajstić information content (AvgIpc) is 2.37. The summed E-state index contributed by atoms with van der Waals surface area (Å²) in [6.07, 6.45) is 0. The van der Waals surface area contributed by atoms with Gasteiger partial charge in [-0.15, -0.1) is 0 Å². The van der Waals surface area contributed by atoms with Crippen LogP contribution in [0.3, 0.4) is 0 Å². The molecular formula is C13H8ClFN2O2S. The number of rotatable bonds is 3. The van der Waals surface area contributed by atoms with Gasteiger partial charge in [-0.3, -0.25) is 4.72 Å². The van der Waals surface area contributed by atoms with Gasteiger partial charge in [-0.05, 0) is 36.4 Å². The maximum absolute atomic E-state index is 13.2. The third kappa shape index (κ3) is 3.26. The van der Waals surface area contributed by atoms with Crippen molar-refractivity contribution in [3.05, 3.63) is 58.9 Å². The molecule has 0 aliphatic rings. The summed E-state index contributed by atoms with van der Waals surface area (Å²) in [5.74, 6) is -0.652. The summed E-state index contributed by atoms with van der Waals surface area (Å²) in [4.78, 5) is -0.0862. The zero-order valence-electron chi connectivity index (χ0n) is 9.97. The van der Waals surface area contributed by atoms with Crippen molar-refractivity contribution in [3.63, 3.8) is 0 Å². The van der Waals surface area contributed by atoms with Crippen molar-refractivity contribution in [2.75, 3.05) is 4.72 Å². The molecule has 0 atom stereocenters. The van der Waals surface area contributed by atoms with Crippen LogP contribution in [-0.4, -0.2) is 8.42 Å². The molecule has 2 rings (SSSR count). The Balaban J connectivity index is 2.38. The molecule has 0 amide bonds. The van der Waals surface area contributed by atoms with Crippen molar-refractivity contribution in [1.29, 1.82) is 5.26 Å². The highest BCUT2D eigenvalue weighted by Gasteiger charge is 2.15. The number of hydrogen-bond acceptors (Lipinski definition) is 3. The number of nitriles is 1. The quantitative estimate of drug-likeness (QED) is 0.946. The van der Waals surface area contributed by atoms with Gasteiger partial charge in [0.05, 0.1) is 22.2 Å². The molecular weight excluding hydrogens is 303 g/mol. The minimum atomic E-state index is -3.91. The first kappa shape index (κ1) is 14.3. The minimum absolute atomic E-state index is 0.0114. The van der Waals surface area contributed by atoms with Gasteiger partial charge in [0.1, 0.15) is 5.82 Å². The standard InChI is InChI=1S/C13H8ClFN2O2S/c14-10-5-11(15)7-12(6-10)17-20(18,19)13-3-1-2-9(4-13)8-16/h1-7,17H. The SMILES string of the molecule is N#Cc1cccc(S(=O)(=O)Nc2cc(F)cc(Cl)c2)c1. The third-order valence-electron chi connectivity index (χ3n) is 2.39. The van der Waals surface area contributed by atoms with Gasteiger partial charge in [-0.1, -0.05) is 17.7 Å². The molecule has 0 saturated carbocycles. The van der Waals surface area contributed by atoms with Crippen LogP contribution >= 0.6 is 11.6 Å². The first-order chi connectivity index (χ1) is 9.40. The zero-order valence-corrected chi connectivity index (χ0v) is 11.5. The molecule has 1 N–H and O–H groups in total. The zero-order chi connectivity index (χ0) is 14.8. The Morgan fingerprint density at radius 2 is 1.95 bits per heavy atom. The number of halogens is 2. The monoisotopic (exact) mass is 310 g/mol.